The van der Waals surface area contributed by atoms with Gasteiger partial charge in [0.2, 0.25) is 0 Å². The van der Waals surface area contributed by atoms with E-state index in [0.717, 1.165) is 19.3 Å². The number of hydrogen-bond acceptors (Lipinski definition) is 2. The van der Waals surface area contributed by atoms with Crippen molar-refractivity contribution < 1.29 is 18.0 Å². The number of hydrogen-bond donors (Lipinski definition) is 0. The Morgan fingerprint density at radius 1 is 1.00 bits per heavy atom. The molecule has 1 aromatic carbocycles. The van der Waals surface area contributed by atoms with Crippen molar-refractivity contribution in [3.8, 4) is 0 Å². The number of benzene rings is 1. The predicted octanol–water partition coefficient (Wildman–Crippen LogP) is 5.83. The molecule has 0 N–H and O–H groups in total. The molecule has 0 spiro atoms. The van der Waals surface area contributed by atoms with Gasteiger partial charge in [0.05, 0.1) is 6.42 Å². The molecule has 136 valence electrons. The van der Waals surface area contributed by atoms with Crippen LogP contribution in [0.15, 0.2) is 30.3 Å². The zero-order valence-electron chi connectivity index (χ0n) is 15.2. The smallest absolute Gasteiger partial charge is 0.287 e. The molecule has 1 unspecified atom stereocenters. The fourth-order valence-electron chi connectivity index (χ4n) is 3.78. The van der Waals surface area contributed by atoms with Crippen LogP contribution in [0.4, 0.5) is 13.2 Å². The van der Waals surface area contributed by atoms with Crippen molar-refractivity contribution in [2.45, 2.75) is 83.2 Å². The van der Waals surface area contributed by atoms with Crippen LogP contribution in [0.1, 0.15) is 65.9 Å². The van der Waals surface area contributed by atoms with Crippen LogP contribution in [0.25, 0.3) is 0 Å². The van der Waals surface area contributed by atoms with Gasteiger partial charge in [-0.3, -0.25) is 4.84 Å². The van der Waals surface area contributed by atoms with Crippen LogP contribution in [0.2, 0.25) is 0 Å². The summed E-state index contributed by atoms with van der Waals surface area (Å²) in [4.78, 5) is 6.18. The van der Waals surface area contributed by atoms with E-state index < -0.39 is 18.2 Å². The van der Waals surface area contributed by atoms with E-state index in [9.17, 15) is 13.2 Å². The van der Waals surface area contributed by atoms with Crippen LogP contribution in [0, 0.1) is 0 Å². The predicted molar refractivity (Wildman–Crippen MR) is 89.4 cm³/mol. The van der Waals surface area contributed by atoms with E-state index >= 15 is 0 Å². The maximum Gasteiger partial charge on any atom is 0.392 e. The molecule has 1 heterocycles. The number of nitrogens with zero attached hydrogens (tertiary/aromatic N) is 1. The summed E-state index contributed by atoms with van der Waals surface area (Å²) in [5.41, 5.74) is -1.54. The van der Waals surface area contributed by atoms with Crippen molar-refractivity contribution in [3.63, 3.8) is 0 Å². The third kappa shape index (κ3) is 4.31. The number of rotatable bonds is 4. The van der Waals surface area contributed by atoms with Gasteiger partial charge in [0.25, 0.3) is 0 Å². The van der Waals surface area contributed by atoms with Crippen molar-refractivity contribution in [1.29, 1.82) is 0 Å². The van der Waals surface area contributed by atoms with E-state index in [-0.39, 0.29) is 11.1 Å². The van der Waals surface area contributed by atoms with Crippen LogP contribution < -0.4 is 0 Å². The summed E-state index contributed by atoms with van der Waals surface area (Å²) in [6.07, 6.45) is -2.50. The zero-order valence-corrected chi connectivity index (χ0v) is 15.2. The molecule has 1 saturated heterocycles. The largest absolute Gasteiger partial charge is 0.392 e. The molecular formula is C19H28F3NO. The molecule has 0 aromatic heterocycles. The fourth-order valence-corrected chi connectivity index (χ4v) is 3.78. The van der Waals surface area contributed by atoms with E-state index in [4.69, 9.17) is 4.84 Å². The SMILES string of the molecule is CC(CC(F)(F)F)(ON1C(C)(C)CCCC1(C)C)c1ccccc1. The zero-order chi connectivity index (χ0) is 18.2. The number of hydroxylamine groups is 2. The van der Waals surface area contributed by atoms with Crippen molar-refractivity contribution in [2.24, 2.45) is 0 Å². The van der Waals surface area contributed by atoms with Gasteiger partial charge in [0.1, 0.15) is 5.60 Å². The summed E-state index contributed by atoms with van der Waals surface area (Å²) in [7, 11) is 0. The highest BCUT2D eigenvalue weighted by atomic mass is 19.4. The second-order valence-electron chi connectivity index (χ2n) is 8.25. The van der Waals surface area contributed by atoms with E-state index in [1.54, 1.807) is 30.3 Å². The molecule has 0 aliphatic carbocycles. The van der Waals surface area contributed by atoms with Gasteiger partial charge in [-0.2, -0.15) is 18.2 Å². The normalized spacial score (nSPS) is 23.7. The molecule has 1 aromatic rings. The van der Waals surface area contributed by atoms with Crippen molar-refractivity contribution in [1.82, 2.24) is 5.06 Å². The first-order chi connectivity index (χ1) is 10.9. The summed E-state index contributed by atoms with van der Waals surface area (Å²) >= 11 is 0. The third-order valence-corrected chi connectivity index (χ3v) is 4.89. The molecule has 0 radical (unpaired) electrons. The lowest BCUT2D eigenvalue weighted by atomic mass is 9.82. The Morgan fingerprint density at radius 3 is 1.96 bits per heavy atom. The van der Waals surface area contributed by atoms with Gasteiger partial charge in [-0.1, -0.05) is 30.3 Å². The van der Waals surface area contributed by atoms with Gasteiger partial charge in [0, 0.05) is 11.1 Å². The highest BCUT2D eigenvalue weighted by Gasteiger charge is 2.49. The van der Waals surface area contributed by atoms with Crippen molar-refractivity contribution in [2.75, 3.05) is 0 Å². The van der Waals surface area contributed by atoms with E-state index in [1.165, 1.54) is 6.92 Å². The molecule has 0 amide bonds. The summed E-state index contributed by atoms with van der Waals surface area (Å²) in [6.45, 7) is 9.68. The molecular weight excluding hydrogens is 315 g/mol. The monoisotopic (exact) mass is 343 g/mol. The minimum atomic E-state index is -4.31. The Bertz CT molecular complexity index is 537. The van der Waals surface area contributed by atoms with Crippen LogP contribution in [0.5, 0.6) is 0 Å². The first-order valence-electron chi connectivity index (χ1n) is 8.48. The molecule has 0 saturated carbocycles. The van der Waals surface area contributed by atoms with Crippen LogP contribution in [0.3, 0.4) is 0 Å². The molecule has 24 heavy (non-hydrogen) atoms. The Balaban J connectivity index is 2.41. The van der Waals surface area contributed by atoms with E-state index in [2.05, 4.69) is 0 Å². The maximum absolute atomic E-state index is 13.3. The highest BCUT2D eigenvalue weighted by Crippen LogP contribution is 2.45. The molecule has 1 aliphatic heterocycles. The lowest BCUT2D eigenvalue weighted by molar-refractivity contribution is -0.351. The average molecular weight is 343 g/mol. The lowest BCUT2D eigenvalue weighted by Gasteiger charge is -2.54. The Hall–Kier alpha value is -1.07. The lowest BCUT2D eigenvalue weighted by Crippen LogP contribution is -2.60. The first-order valence-corrected chi connectivity index (χ1v) is 8.48. The fraction of sp³-hybridized carbons (Fsp3) is 0.684. The Morgan fingerprint density at radius 2 is 1.50 bits per heavy atom. The van der Waals surface area contributed by atoms with Gasteiger partial charge >= 0.3 is 6.18 Å². The topological polar surface area (TPSA) is 12.5 Å². The summed E-state index contributed by atoms with van der Waals surface area (Å²) in [5.74, 6) is 0. The molecule has 2 rings (SSSR count). The second kappa shape index (κ2) is 6.34. The minimum Gasteiger partial charge on any atom is -0.287 e. The molecule has 1 fully saturated rings. The Labute approximate surface area is 142 Å². The molecule has 0 bridgehead atoms. The quantitative estimate of drug-likeness (QED) is 0.682. The van der Waals surface area contributed by atoms with Gasteiger partial charge in [-0.25, -0.2) is 0 Å². The second-order valence-corrected chi connectivity index (χ2v) is 8.25. The van der Waals surface area contributed by atoms with Gasteiger partial charge in [-0.05, 0) is 59.4 Å². The third-order valence-electron chi connectivity index (χ3n) is 4.89. The molecule has 1 atom stereocenters. The minimum absolute atomic E-state index is 0.316. The van der Waals surface area contributed by atoms with Gasteiger partial charge in [0.15, 0.2) is 0 Å². The number of alkyl halides is 3. The van der Waals surface area contributed by atoms with Gasteiger partial charge in [-0.15, -0.1) is 0 Å². The molecule has 1 aliphatic rings. The van der Waals surface area contributed by atoms with Crippen LogP contribution in [-0.4, -0.2) is 22.3 Å². The summed E-state index contributed by atoms with van der Waals surface area (Å²) in [6, 6.07) is 8.71. The van der Waals surface area contributed by atoms with Crippen molar-refractivity contribution >= 4 is 0 Å². The maximum atomic E-state index is 13.3. The first kappa shape index (κ1) is 19.3. The number of piperidine rings is 1. The molecule has 5 heteroatoms. The molecule has 2 nitrogen and oxygen atoms in total. The standard InChI is InChI=1S/C19H28F3NO/c1-16(2)12-9-13-17(3,4)23(16)24-18(5,14-19(20,21)22)15-10-7-6-8-11-15/h6-8,10-11H,9,12-14H2,1-5H3. The van der Waals surface area contributed by atoms with E-state index in [0.29, 0.717) is 5.56 Å². The average Bonchev–Trinajstić information content (AvgIpc) is 2.42. The van der Waals surface area contributed by atoms with Crippen LogP contribution >= 0.6 is 0 Å². The van der Waals surface area contributed by atoms with Gasteiger partial charge < -0.3 is 0 Å². The number of halogens is 3. The van der Waals surface area contributed by atoms with Crippen LogP contribution in [-0.2, 0) is 10.4 Å². The highest BCUT2D eigenvalue weighted by molar-refractivity contribution is 5.22. The van der Waals surface area contributed by atoms with E-state index in [1.807, 2.05) is 32.8 Å². The van der Waals surface area contributed by atoms with Crippen molar-refractivity contribution in [3.05, 3.63) is 35.9 Å². The summed E-state index contributed by atoms with van der Waals surface area (Å²) < 4.78 is 39.8. The Kier molecular flexibility index (Phi) is 5.09. The summed E-state index contributed by atoms with van der Waals surface area (Å²) in [5, 5.41) is 1.81.